The van der Waals surface area contributed by atoms with E-state index in [2.05, 4.69) is 4.72 Å². The van der Waals surface area contributed by atoms with Gasteiger partial charge in [-0.1, -0.05) is 48.5 Å². The molecule has 5 rings (SSSR count). The molecular formula is C25H28F2N2O4S. The molecule has 1 N–H and O–H groups in total. The van der Waals surface area contributed by atoms with Gasteiger partial charge in [-0.2, -0.15) is 0 Å². The van der Waals surface area contributed by atoms with Crippen LogP contribution in [-0.4, -0.2) is 56.6 Å². The Labute approximate surface area is 198 Å². The fourth-order valence-electron chi connectivity index (χ4n) is 5.43. The molecule has 1 aliphatic carbocycles. The first-order chi connectivity index (χ1) is 16.3. The predicted molar refractivity (Wildman–Crippen MR) is 124 cm³/mol. The number of ether oxygens (including phenoxy) is 1. The van der Waals surface area contributed by atoms with E-state index < -0.39 is 45.4 Å². The van der Waals surface area contributed by atoms with Gasteiger partial charge in [0.1, 0.15) is 11.9 Å². The highest BCUT2D eigenvalue weighted by Crippen LogP contribution is 2.56. The third kappa shape index (κ3) is 4.36. The molecule has 0 aromatic heterocycles. The summed E-state index contributed by atoms with van der Waals surface area (Å²) < 4.78 is 61.5. The lowest BCUT2D eigenvalue weighted by Gasteiger charge is -2.30. The summed E-state index contributed by atoms with van der Waals surface area (Å²) in [6.45, 7) is 0.863. The lowest BCUT2D eigenvalue weighted by molar-refractivity contribution is -0.142. The van der Waals surface area contributed by atoms with Crippen LogP contribution in [0.25, 0.3) is 11.1 Å². The van der Waals surface area contributed by atoms with Crippen molar-refractivity contribution in [1.29, 1.82) is 0 Å². The van der Waals surface area contributed by atoms with Gasteiger partial charge in [0.15, 0.2) is 0 Å². The molecule has 34 heavy (non-hydrogen) atoms. The summed E-state index contributed by atoms with van der Waals surface area (Å²) >= 11 is 0. The van der Waals surface area contributed by atoms with Gasteiger partial charge in [0, 0.05) is 30.2 Å². The van der Waals surface area contributed by atoms with Crippen molar-refractivity contribution < 1.29 is 26.7 Å². The Morgan fingerprint density at radius 2 is 1.91 bits per heavy atom. The number of hydrogen-bond donors (Lipinski definition) is 1. The van der Waals surface area contributed by atoms with E-state index in [9.17, 15) is 17.6 Å². The monoisotopic (exact) mass is 490 g/mol. The number of nitrogens with zero attached hydrogens (tertiary/aromatic N) is 1. The van der Waals surface area contributed by atoms with Crippen LogP contribution in [-0.2, 0) is 26.0 Å². The van der Waals surface area contributed by atoms with Gasteiger partial charge in [-0.3, -0.25) is 4.79 Å². The van der Waals surface area contributed by atoms with Crippen molar-refractivity contribution in [2.45, 2.75) is 50.3 Å². The van der Waals surface area contributed by atoms with Crippen LogP contribution in [0, 0.1) is 11.2 Å². The van der Waals surface area contributed by atoms with Crippen LogP contribution in [0.15, 0.2) is 48.5 Å². The molecule has 3 aliphatic rings. The maximum Gasteiger partial charge on any atom is 0.252 e. The number of carbonyl (C=O) groups is 1. The van der Waals surface area contributed by atoms with Crippen LogP contribution in [0.3, 0.4) is 0 Å². The Hall–Kier alpha value is -2.36. The number of nitrogens with one attached hydrogen (secondary N) is 1. The Morgan fingerprint density at radius 3 is 2.56 bits per heavy atom. The van der Waals surface area contributed by atoms with Crippen LogP contribution in [0.2, 0.25) is 0 Å². The molecule has 1 spiro atoms. The molecular weight excluding hydrogens is 462 g/mol. The second-order valence-electron chi connectivity index (χ2n) is 9.57. The van der Waals surface area contributed by atoms with E-state index in [1.54, 1.807) is 23.1 Å². The van der Waals surface area contributed by atoms with Gasteiger partial charge in [-0.25, -0.2) is 21.9 Å². The second-order valence-corrected chi connectivity index (χ2v) is 11.2. The lowest BCUT2D eigenvalue weighted by Crippen LogP contribution is -2.51. The highest BCUT2D eigenvalue weighted by molar-refractivity contribution is 7.89. The number of halogens is 2. The summed E-state index contributed by atoms with van der Waals surface area (Å²) in [6, 6.07) is 11.4. The largest absolute Gasteiger partial charge is 0.368 e. The number of alkyl halides is 1. The van der Waals surface area contributed by atoms with Crippen molar-refractivity contribution in [3.05, 3.63) is 59.9 Å². The van der Waals surface area contributed by atoms with Crippen LogP contribution in [0.5, 0.6) is 0 Å². The summed E-state index contributed by atoms with van der Waals surface area (Å²) in [7, 11) is -4.17. The van der Waals surface area contributed by atoms with Gasteiger partial charge in [0.2, 0.25) is 16.0 Å². The Kier molecular flexibility index (Phi) is 6.20. The minimum Gasteiger partial charge on any atom is -0.368 e. The number of carbonyl (C=O) groups excluding carboxylic acids is 1. The number of amides is 1. The molecule has 2 saturated heterocycles. The van der Waals surface area contributed by atoms with Crippen LogP contribution in [0.4, 0.5) is 8.78 Å². The molecule has 182 valence electrons. The SMILES string of the molecule is O=C([C@H]1CCCO1)N1CC2(CC2)[C@H](NS(=O)(=O)CF)[C@@H]1Cc1cccc(-c2ccccc2)c1F. The Balaban J connectivity index is 1.51. The van der Waals surface area contributed by atoms with E-state index in [1.165, 1.54) is 0 Å². The summed E-state index contributed by atoms with van der Waals surface area (Å²) in [6.07, 6.45) is 2.39. The Morgan fingerprint density at radius 1 is 1.15 bits per heavy atom. The van der Waals surface area contributed by atoms with E-state index in [-0.39, 0.29) is 12.3 Å². The van der Waals surface area contributed by atoms with Crippen molar-refractivity contribution in [3.8, 4) is 11.1 Å². The van der Waals surface area contributed by atoms with Crippen LogP contribution >= 0.6 is 0 Å². The van der Waals surface area contributed by atoms with Crippen molar-refractivity contribution >= 4 is 15.9 Å². The molecule has 1 saturated carbocycles. The van der Waals surface area contributed by atoms with Crippen molar-refractivity contribution in [1.82, 2.24) is 9.62 Å². The second kappa shape index (κ2) is 9.02. The third-order valence-corrected chi connectivity index (χ3v) is 8.25. The minimum absolute atomic E-state index is 0.117. The van der Waals surface area contributed by atoms with E-state index in [0.717, 1.165) is 24.8 Å². The molecule has 2 heterocycles. The highest BCUT2D eigenvalue weighted by Gasteiger charge is 2.61. The van der Waals surface area contributed by atoms with Gasteiger partial charge in [0.05, 0.1) is 6.04 Å². The fraction of sp³-hybridized carbons (Fsp3) is 0.480. The molecule has 2 aliphatic heterocycles. The first kappa shape index (κ1) is 23.4. The molecule has 3 fully saturated rings. The molecule has 1 amide bonds. The number of rotatable bonds is 7. The fourth-order valence-corrected chi connectivity index (χ4v) is 6.29. The highest BCUT2D eigenvalue weighted by atomic mass is 32.2. The number of benzene rings is 2. The maximum absolute atomic E-state index is 15.7. The first-order valence-corrected chi connectivity index (χ1v) is 13.3. The molecule has 6 nitrogen and oxygen atoms in total. The number of hydrogen-bond acceptors (Lipinski definition) is 4. The zero-order chi connectivity index (χ0) is 23.9. The molecule has 2 aromatic rings. The Bertz CT molecular complexity index is 1160. The summed E-state index contributed by atoms with van der Waals surface area (Å²) in [5.41, 5.74) is 1.11. The zero-order valence-electron chi connectivity index (χ0n) is 18.8. The van der Waals surface area contributed by atoms with E-state index in [4.69, 9.17) is 4.74 Å². The summed E-state index contributed by atoms with van der Waals surface area (Å²) in [4.78, 5) is 15.0. The molecule has 9 heteroatoms. The normalized spacial score (nSPS) is 25.7. The van der Waals surface area contributed by atoms with E-state index >= 15 is 4.39 Å². The molecule has 0 radical (unpaired) electrons. The van der Waals surface area contributed by atoms with Crippen molar-refractivity contribution in [2.75, 3.05) is 19.2 Å². The minimum atomic E-state index is -4.17. The topological polar surface area (TPSA) is 75.7 Å². The average Bonchev–Trinajstić information content (AvgIpc) is 3.29. The molecule has 0 unspecified atom stereocenters. The van der Waals surface area contributed by atoms with Gasteiger partial charge in [-0.15, -0.1) is 0 Å². The quantitative estimate of drug-likeness (QED) is 0.646. The van der Waals surface area contributed by atoms with Crippen LogP contribution < -0.4 is 4.72 Å². The number of likely N-dealkylation sites (tertiary alicyclic amines) is 1. The molecule has 2 aromatic carbocycles. The first-order valence-electron chi connectivity index (χ1n) is 11.6. The van der Waals surface area contributed by atoms with Gasteiger partial charge >= 0.3 is 0 Å². The lowest BCUT2D eigenvalue weighted by atomic mass is 9.91. The van der Waals surface area contributed by atoms with Gasteiger partial charge < -0.3 is 9.64 Å². The van der Waals surface area contributed by atoms with Crippen LogP contribution in [0.1, 0.15) is 31.2 Å². The molecule has 3 atom stereocenters. The zero-order valence-corrected chi connectivity index (χ0v) is 19.6. The number of sulfonamides is 1. The summed E-state index contributed by atoms with van der Waals surface area (Å²) in [5.74, 6) is -0.600. The standard InChI is InChI=1S/C25H28F2N2O4S/c26-16-34(31,32)28-23-20(29(15-25(23)11-12-25)24(30)21-10-5-13-33-21)14-18-8-4-9-19(22(18)27)17-6-2-1-3-7-17/h1-4,6-9,20-21,23,28H,5,10-16H2/t20-,21+,23+/m0/s1. The maximum atomic E-state index is 15.7. The van der Waals surface area contributed by atoms with Crippen molar-refractivity contribution in [2.24, 2.45) is 5.41 Å². The third-order valence-electron chi connectivity index (χ3n) is 7.35. The smallest absolute Gasteiger partial charge is 0.252 e. The van der Waals surface area contributed by atoms with E-state index in [0.29, 0.717) is 30.7 Å². The summed E-state index contributed by atoms with van der Waals surface area (Å²) in [5, 5.41) is 0. The van der Waals surface area contributed by atoms with Gasteiger partial charge in [0.25, 0.3) is 5.91 Å². The van der Waals surface area contributed by atoms with Crippen molar-refractivity contribution in [3.63, 3.8) is 0 Å². The van der Waals surface area contributed by atoms with Gasteiger partial charge in [-0.05, 0) is 43.2 Å². The average molecular weight is 491 g/mol. The molecule has 0 bridgehead atoms. The van der Waals surface area contributed by atoms with E-state index in [1.807, 2.05) is 30.3 Å². The predicted octanol–water partition coefficient (Wildman–Crippen LogP) is 3.42.